The summed E-state index contributed by atoms with van der Waals surface area (Å²) in [6, 6.07) is 10.4. The molecule has 2 aromatic carbocycles. The van der Waals surface area contributed by atoms with E-state index in [0.717, 1.165) is 52.1 Å². The molecular weight excluding hydrogens is 537 g/mol. The van der Waals surface area contributed by atoms with Crippen LogP contribution < -0.4 is 0 Å². The number of methoxy groups -OCH3 is 1. The maximum absolute atomic E-state index is 13.5. The molecule has 3 heterocycles. The van der Waals surface area contributed by atoms with E-state index in [1.165, 1.54) is 23.5 Å². The van der Waals surface area contributed by atoms with Crippen LogP contribution >= 0.6 is 11.3 Å². The highest BCUT2D eigenvalue weighted by atomic mass is 32.2. The van der Waals surface area contributed by atoms with Crippen LogP contribution in [-0.4, -0.2) is 71.8 Å². The lowest BCUT2D eigenvalue weighted by molar-refractivity contribution is -0.0216. The van der Waals surface area contributed by atoms with Crippen molar-refractivity contribution in [3.8, 4) is 5.69 Å². The van der Waals surface area contributed by atoms with E-state index in [0.29, 0.717) is 31.7 Å². The Morgan fingerprint density at radius 3 is 2.59 bits per heavy atom. The molecule has 2 fully saturated rings. The summed E-state index contributed by atoms with van der Waals surface area (Å²) in [5, 5.41) is 8.04. The number of fused-ring (bicyclic) bond motifs is 1. The molecule has 1 saturated carbocycles. The Morgan fingerprint density at radius 2 is 1.90 bits per heavy atom. The third-order valence-electron chi connectivity index (χ3n) is 8.06. The zero-order valence-electron chi connectivity index (χ0n) is 22.2. The van der Waals surface area contributed by atoms with Crippen molar-refractivity contribution in [3.63, 3.8) is 0 Å². The van der Waals surface area contributed by atoms with Crippen molar-refractivity contribution in [2.24, 2.45) is 5.92 Å². The average molecular weight is 570 g/mol. The van der Waals surface area contributed by atoms with Crippen molar-refractivity contribution < 1.29 is 17.5 Å². The Bertz CT molecular complexity index is 1600. The summed E-state index contributed by atoms with van der Waals surface area (Å²) < 4.78 is 49.5. The van der Waals surface area contributed by atoms with Gasteiger partial charge in [-0.05, 0) is 80.1 Å². The molecule has 4 aromatic rings. The summed E-state index contributed by atoms with van der Waals surface area (Å²) in [4.78, 5) is 6.72. The molecule has 2 aromatic heterocycles. The van der Waals surface area contributed by atoms with Crippen molar-refractivity contribution >= 4 is 32.3 Å². The molecule has 2 aliphatic rings. The van der Waals surface area contributed by atoms with E-state index < -0.39 is 10.0 Å². The first-order valence-electron chi connectivity index (χ1n) is 13.2. The van der Waals surface area contributed by atoms with E-state index >= 15 is 0 Å². The first kappa shape index (κ1) is 26.5. The van der Waals surface area contributed by atoms with Gasteiger partial charge in [-0.25, -0.2) is 22.5 Å². The molecular formula is C28H32FN5O3S2. The zero-order chi connectivity index (χ0) is 27.3. The monoisotopic (exact) mass is 569 g/mol. The standard InChI is InChI=1S/C28H32FN5O3S2/c1-18-10-26-21(14-30-34(26)23-6-4-22(29)5-7-23)13-25(18)27-16-33(39(35,36)28-17-38-19(2)31-28)9-8-32(27)15-20-11-24(12-20)37-3/h4-7,10,13-14,17,20,24,27H,8-9,11-12,15-16H2,1-3H3/t20-,24+,27-/m0/s1. The van der Waals surface area contributed by atoms with Gasteiger partial charge in [-0.2, -0.15) is 9.40 Å². The van der Waals surface area contributed by atoms with Gasteiger partial charge in [0.05, 0.1) is 28.5 Å². The van der Waals surface area contributed by atoms with Crippen LogP contribution in [0.2, 0.25) is 0 Å². The summed E-state index contributed by atoms with van der Waals surface area (Å²) in [6.07, 6.45) is 4.19. The highest BCUT2D eigenvalue weighted by Crippen LogP contribution is 2.37. The zero-order valence-corrected chi connectivity index (χ0v) is 23.9. The number of hydrogen-bond donors (Lipinski definition) is 0. The third-order valence-corrected chi connectivity index (χ3v) is 10.7. The Hall–Kier alpha value is -2.70. The van der Waals surface area contributed by atoms with Crippen molar-refractivity contribution in [1.29, 1.82) is 0 Å². The molecule has 6 rings (SSSR count). The highest BCUT2D eigenvalue weighted by Gasteiger charge is 2.39. The van der Waals surface area contributed by atoms with E-state index in [9.17, 15) is 12.8 Å². The van der Waals surface area contributed by atoms with Crippen LogP contribution in [0.25, 0.3) is 16.6 Å². The number of sulfonamides is 1. The molecule has 1 saturated heterocycles. The molecule has 0 spiro atoms. The minimum absolute atomic E-state index is 0.103. The number of ether oxygens (including phenoxy) is 1. The molecule has 0 N–H and O–H groups in total. The second-order valence-electron chi connectivity index (χ2n) is 10.6. The second kappa shape index (κ2) is 10.4. The minimum Gasteiger partial charge on any atom is -0.381 e. The van der Waals surface area contributed by atoms with Crippen molar-refractivity contribution in [1.82, 2.24) is 24.0 Å². The molecule has 11 heteroatoms. The normalized spacial score (nSPS) is 22.8. The third kappa shape index (κ3) is 5.02. The van der Waals surface area contributed by atoms with Crippen LogP contribution in [-0.2, 0) is 14.8 Å². The fourth-order valence-corrected chi connectivity index (χ4v) is 8.15. The number of benzene rings is 2. The fraction of sp³-hybridized carbons (Fsp3) is 0.429. The molecule has 8 nitrogen and oxygen atoms in total. The molecule has 1 aliphatic heterocycles. The second-order valence-corrected chi connectivity index (χ2v) is 13.5. The molecule has 0 amide bonds. The summed E-state index contributed by atoms with van der Waals surface area (Å²) in [5.41, 5.74) is 3.87. The predicted molar refractivity (Wildman–Crippen MR) is 149 cm³/mol. The van der Waals surface area contributed by atoms with E-state index in [4.69, 9.17) is 4.74 Å². The number of hydrogen-bond acceptors (Lipinski definition) is 7. The van der Waals surface area contributed by atoms with Gasteiger partial charge < -0.3 is 4.74 Å². The van der Waals surface area contributed by atoms with Gasteiger partial charge in [-0.15, -0.1) is 11.3 Å². The smallest absolute Gasteiger partial charge is 0.261 e. The first-order valence-corrected chi connectivity index (χ1v) is 15.5. The maximum atomic E-state index is 13.5. The van der Waals surface area contributed by atoms with Gasteiger partial charge in [0.15, 0.2) is 5.03 Å². The lowest BCUT2D eigenvalue weighted by atomic mass is 9.81. The first-order chi connectivity index (χ1) is 18.7. The molecule has 206 valence electrons. The number of piperazine rings is 1. The average Bonchev–Trinajstić information content (AvgIpc) is 3.52. The number of halogens is 1. The van der Waals surface area contributed by atoms with E-state index in [1.54, 1.807) is 28.9 Å². The van der Waals surface area contributed by atoms with Crippen LogP contribution in [0.4, 0.5) is 4.39 Å². The van der Waals surface area contributed by atoms with Gasteiger partial charge in [-0.3, -0.25) is 4.90 Å². The summed E-state index contributed by atoms with van der Waals surface area (Å²) >= 11 is 1.35. The SMILES string of the molecule is CO[C@H]1C[C@@H](CN2CCN(S(=O)(=O)c3csc(C)n3)C[C@H]2c2cc3cnn(-c4ccc(F)cc4)c3cc2C)C1. The molecule has 1 atom stereocenters. The summed E-state index contributed by atoms with van der Waals surface area (Å²) in [6.45, 7) is 6.23. The van der Waals surface area contributed by atoms with Crippen LogP contribution in [0.3, 0.4) is 0 Å². The minimum atomic E-state index is -3.69. The predicted octanol–water partition coefficient (Wildman–Crippen LogP) is 4.71. The van der Waals surface area contributed by atoms with Crippen LogP contribution in [0.15, 0.2) is 53.0 Å². The molecule has 39 heavy (non-hydrogen) atoms. The lowest BCUT2D eigenvalue weighted by Gasteiger charge is -2.45. The molecule has 0 radical (unpaired) electrons. The number of aromatic nitrogens is 3. The van der Waals surface area contributed by atoms with Gasteiger partial charge >= 0.3 is 0 Å². The number of rotatable bonds is 7. The van der Waals surface area contributed by atoms with Gasteiger partial charge in [0, 0.05) is 50.1 Å². The Kier molecular flexibility index (Phi) is 7.05. The topological polar surface area (TPSA) is 80.6 Å². The van der Waals surface area contributed by atoms with Gasteiger partial charge in [0.2, 0.25) is 0 Å². The Labute approximate surface area is 232 Å². The van der Waals surface area contributed by atoms with Crippen molar-refractivity contribution in [3.05, 3.63) is 69.9 Å². The largest absolute Gasteiger partial charge is 0.381 e. The van der Waals surface area contributed by atoms with Crippen molar-refractivity contribution in [2.45, 2.75) is 43.9 Å². The van der Waals surface area contributed by atoms with Crippen LogP contribution in [0.5, 0.6) is 0 Å². The van der Waals surface area contributed by atoms with E-state index in [-0.39, 0.29) is 16.9 Å². The Morgan fingerprint density at radius 1 is 1.13 bits per heavy atom. The van der Waals surface area contributed by atoms with Gasteiger partial charge in [0.1, 0.15) is 5.82 Å². The molecule has 0 bridgehead atoms. The van der Waals surface area contributed by atoms with E-state index in [2.05, 4.69) is 34.0 Å². The lowest BCUT2D eigenvalue weighted by Crippen LogP contribution is -2.52. The van der Waals surface area contributed by atoms with Gasteiger partial charge in [-0.1, -0.05) is 0 Å². The van der Waals surface area contributed by atoms with Crippen LogP contribution in [0, 0.1) is 25.6 Å². The quantitative estimate of drug-likeness (QED) is 0.321. The highest BCUT2D eigenvalue weighted by molar-refractivity contribution is 7.89. The Balaban J connectivity index is 1.35. The van der Waals surface area contributed by atoms with E-state index in [1.807, 2.05) is 17.8 Å². The summed E-state index contributed by atoms with van der Waals surface area (Å²) in [5.74, 6) is 0.244. The molecule has 0 unspecified atom stereocenters. The maximum Gasteiger partial charge on any atom is 0.261 e. The summed E-state index contributed by atoms with van der Waals surface area (Å²) in [7, 11) is -1.93. The number of thiazole rings is 1. The van der Waals surface area contributed by atoms with Gasteiger partial charge in [0.25, 0.3) is 10.0 Å². The van der Waals surface area contributed by atoms with Crippen LogP contribution in [0.1, 0.15) is 35.0 Å². The molecule has 1 aliphatic carbocycles. The van der Waals surface area contributed by atoms with Crippen molar-refractivity contribution in [2.75, 3.05) is 33.3 Å². The number of aryl methyl sites for hydroxylation is 2. The number of nitrogens with zero attached hydrogens (tertiary/aromatic N) is 5. The fourth-order valence-electron chi connectivity index (χ4n) is 5.81.